The van der Waals surface area contributed by atoms with E-state index in [4.69, 9.17) is 4.84 Å². The van der Waals surface area contributed by atoms with Crippen LogP contribution in [0.15, 0.2) is 42.5 Å². The van der Waals surface area contributed by atoms with E-state index >= 15 is 0 Å². The number of aryl methyl sites for hydroxylation is 1. The zero-order valence-electron chi connectivity index (χ0n) is 14.0. The van der Waals surface area contributed by atoms with E-state index in [2.05, 4.69) is 10.6 Å². The third-order valence-corrected chi connectivity index (χ3v) is 3.93. The lowest BCUT2D eigenvalue weighted by Crippen LogP contribution is -2.08. The van der Waals surface area contributed by atoms with Gasteiger partial charge in [0, 0.05) is 17.2 Å². The summed E-state index contributed by atoms with van der Waals surface area (Å²) in [6.45, 7) is 3.20. The Morgan fingerprint density at radius 1 is 1.12 bits per heavy atom. The van der Waals surface area contributed by atoms with Crippen LogP contribution in [0.5, 0.6) is 11.5 Å². The second kappa shape index (κ2) is 6.62. The molecule has 136 valence electrons. The smallest absolute Gasteiger partial charge is 0.433 e. The summed E-state index contributed by atoms with van der Waals surface area (Å²) in [5.74, 6) is 0.0659. The first kappa shape index (κ1) is 17.7. The Labute approximate surface area is 147 Å². The second-order valence-electron chi connectivity index (χ2n) is 5.77. The predicted molar refractivity (Wildman–Crippen MR) is 90.9 cm³/mol. The number of halogens is 3. The number of benzene rings is 2. The Morgan fingerprint density at radius 3 is 2.50 bits per heavy atom. The number of anilines is 1. The van der Waals surface area contributed by atoms with Crippen molar-refractivity contribution in [3.05, 3.63) is 59.3 Å². The Hall–Kier alpha value is -3.16. The molecule has 0 atom stereocenters. The molecule has 0 bridgehead atoms. The van der Waals surface area contributed by atoms with Crippen LogP contribution >= 0.6 is 0 Å². The van der Waals surface area contributed by atoms with E-state index in [-0.39, 0.29) is 22.8 Å². The number of phenolic OH excluding ortho intramolecular Hbond substituents is 1. The Balaban J connectivity index is 1.97. The van der Waals surface area contributed by atoms with Crippen molar-refractivity contribution in [2.45, 2.75) is 20.0 Å². The molecule has 2 aromatic carbocycles. The predicted octanol–water partition coefficient (Wildman–Crippen LogP) is 4.82. The van der Waals surface area contributed by atoms with Crippen molar-refractivity contribution in [3.63, 3.8) is 0 Å². The van der Waals surface area contributed by atoms with Crippen LogP contribution in [0.4, 0.5) is 18.9 Å². The number of phenols is 1. The molecule has 5 nitrogen and oxygen atoms in total. The third-order valence-electron chi connectivity index (χ3n) is 3.93. The highest BCUT2D eigenvalue weighted by Gasteiger charge is 2.36. The second-order valence-corrected chi connectivity index (χ2v) is 5.77. The minimum atomic E-state index is -4.54. The average Bonchev–Trinajstić information content (AvgIpc) is 2.96. The molecule has 0 radical (unpaired) electrons. The van der Waals surface area contributed by atoms with E-state index in [1.165, 1.54) is 25.1 Å². The fraction of sp³-hybridized carbons (Fsp3) is 0.167. The van der Waals surface area contributed by atoms with Crippen molar-refractivity contribution >= 4 is 5.69 Å². The lowest BCUT2D eigenvalue weighted by Gasteiger charge is -2.14. The highest BCUT2D eigenvalue weighted by atomic mass is 19.4. The van der Waals surface area contributed by atoms with Gasteiger partial charge in [-0.15, -0.1) is 0 Å². The molecule has 0 aliphatic rings. The number of aromatic nitrogens is 2. The van der Waals surface area contributed by atoms with Gasteiger partial charge in [0.25, 0.3) is 0 Å². The quantitative estimate of drug-likeness (QED) is 0.581. The summed E-state index contributed by atoms with van der Waals surface area (Å²) >= 11 is 0. The first-order valence-corrected chi connectivity index (χ1v) is 7.71. The molecule has 0 aliphatic carbocycles. The van der Waals surface area contributed by atoms with Crippen LogP contribution in [0.2, 0.25) is 0 Å². The van der Waals surface area contributed by atoms with Gasteiger partial charge in [0.2, 0.25) is 0 Å². The van der Waals surface area contributed by atoms with Gasteiger partial charge in [-0.05, 0) is 37.6 Å². The topological polar surface area (TPSA) is 70.2 Å². The number of rotatable bonds is 4. The molecular weight excluding hydrogens is 347 g/mol. The number of para-hydroxylation sites is 1. The Kier molecular flexibility index (Phi) is 4.50. The molecule has 0 aliphatic heterocycles. The van der Waals surface area contributed by atoms with E-state index in [0.29, 0.717) is 11.3 Å². The van der Waals surface area contributed by atoms with Crippen LogP contribution in [-0.4, -0.2) is 15.3 Å². The maximum absolute atomic E-state index is 13.0. The van der Waals surface area contributed by atoms with Crippen LogP contribution in [0.1, 0.15) is 16.8 Å². The van der Waals surface area contributed by atoms with Gasteiger partial charge in [-0.2, -0.15) is 18.3 Å². The number of alkyl halides is 3. The van der Waals surface area contributed by atoms with Crippen LogP contribution in [-0.2, 0) is 6.18 Å². The molecule has 0 unspecified atom stereocenters. The van der Waals surface area contributed by atoms with Crippen molar-refractivity contribution in [1.29, 1.82) is 0 Å². The maximum atomic E-state index is 13.0. The van der Waals surface area contributed by atoms with Gasteiger partial charge in [0.05, 0.1) is 11.4 Å². The number of hydrogen-bond donors (Lipinski definition) is 3. The van der Waals surface area contributed by atoms with Gasteiger partial charge in [0.1, 0.15) is 11.4 Å². The van der Waals surface area contributed by atoms with Crippen LogP contribution in [0.25, 0.3) is 11.3 Å². The Morgan fingerprint density at radius 2 is 1.85 bits per heavy atom. The van der Waals surface area contributed by atoms with E-state index in [0.717, 1.165) is 5.56 Å². The lowest BCUT2D eigenvalue weighted by atomic mass is 10.1. The summed E-state index contributed by atoms with van der Waals surface area (Å²) in [5, 5.41) is 15.5. The van der Waals surface area contributed by atoms with E-state index in [1.807, 2.05) is 30.2 Å². The first-order valence-electron chi connectivity index (χ1n) is 7.71. The van der Waals surface area contributed by atoms with Gasteiger partial charge in [-0.1, -0.05) is 18.2 Å². The number of aromatic hydroxyl groups is 1. The van der Waals surface area contributed by atoms with Crippen molar-refractivity contribution in [2.24, 2.45) is 0 Å². The molecule has 0 saturated carbocycles. The molecule has 8 heteroatoms. The fourth-order valence-corrected chi connectivity index (χ4v) is 2.52. The molecule has 3 N–H and O–H groups in total. The normalized spacial score (nSPS) is 11.4. The summed E-state index contributed by atoms with van der Waals surface area (Å²) in [4.78, 5) is 5.54. The SMILES string of the molecule is Cc1ccccc1NOc1cc(O)ccc1-c1n[nH]c(C(F)(F)F)c1C. The van der Waals surface area contributed by atoms with Gasteiger partial charge in [-0.25, -0.2) is 5.48 Å². The largest absolute Gasteiger partial charge is 0.508 e. The highest BCUT2D eigenvalue weighted by Crippen LogP contribution is 2.38. The van der Waals surface area contributed by atoms with Crippen molar-refractivity contribution in [2.75, 3.05) is 5.48 Å². The average molecular weight is 363 g/mol. The maximum Gasteiger partial charge on any atom is 0.433 e. The molecular formula is C18H16F3N3O2. The fourth-order valence-electron chi connectivity index (χ4n) is 2.52. The van der Waals surface area contributed by atoms with Gasteiger partial charge >= 0.3 is 6.18 Å². The monoisotopic (exact) mass is 363 g/mol. The molecule has 1 aromatic heterocycles. The molecule has 3 aromatic rings. The van der Waals surface area contributed by atoms with Gasteiger partial charge in [-0.3, -0.25) is 5.10 Å². The van der Waals surface area contributed by atoms with E-state index < -0.39 is 11.9 Å². The van der Waals surface area contributed by atoms with Gasteiger partial charge < -0.3 is 9.94 Å². The van der Waals surface area contributed by atoms with E-state index in [9.17, 15) is 18.3 Å². The minimum absolute atomic E-state index is 0.0519. The van der Waals surface area contributed by atoms with Crippen LogP contribution < -0.4 is 10.3 Å². The van der Waals surface area contributed by atoms with Crippen LogP contribution in [0.3, 0.4) is 0 Å². The summed E-state index contributed by atoms with van der Waals surface area (Å²) < 4.78 is 39.0. The lowest BCUT2D eigenvalue weighted by molar-refractivity contribution is -0.141. The summed E-state index contributed by atoms with van der Waals surface area (Å²) in [6, 6.07) is 11.5. The summed E-state index contributed by atoms with van der Waals surface area (Å²) in [7, 11) is 0. The molecule has 3 rings (SSSR count). The summed E-state index contributed by atoms with van der Waals surface area (Å²) in [5.41, 5.74) is 3.80. The first-order chi connectivity index (χ1) is 12.3. The zero-order chi connectivity index (χ0) is 18.9. The number of H-pyrrole nitrogens is 1. The molecule has 1 heterocycles. The van der Waals surface area contributed by atoms with Crippen molar-refractivity contribution in [3.8, 4) is 22.8 Å². The third kappa shape index (κ3) is 3.44. The highest BCUT2D eigenvalue weighted by molar-refractivity contribution is 5.72. The number of nitrogens with one attached hydrogen (secondary N) is 2. The standard InChI is InChI=1S/C18H16F3N3O2/c1-10-5-3-4-6-14(10)24-26-15-9-12(25)7-8-13(15)16-11(2)17(23-22-16)18(19,20)21/h3-9,24-25H,1-2H3,(H,22,23). The molecule has 0 spiro atoms. The number of nitrogens with zero attached hydrogens (tertiary/aromatic N) is 1. The molecule has 26 heavy (non-hydrogen) atoms. The number of hydrogen-bond acceptors (Lipinski definition) is 4. The molecule has 0 fully saturated rings. The molecule has 0 saturated heterocycles. The van der Waals surface area contributed by atoms with E-state index in [1.54, 1.807) is 6.07 Å². The summed E-state index contributed by atoms with van der Waals surface area (Å²) in [6.07, 6.45) is -4.54. The molecule has 0 amide bonds. The number of aromatic amines is 1. The zero-order valence-corrected chi connectivity index (χ0v) is 14.0. The Bertz CT molecular complexity index is 936. The van der Waals surface area contributed by atoms with Crippen molar-refractivity contribution in [1.82, 2.24) is 10.2 Å². The van der Waals surface area contributed by atoms with Crippen molar-refractivity contribution < 1.29 is 23.1 Å². The minimum Gasteiger partial charge on any atom is -0.508 e. The van der Waals surface area contributed by atoms with Gasteiger partial charge in [0.15, 0.2) is 5.75 Å². The van der Waals surface area contributed by atoms with Crippen LogP contribution in [0, 0.1) is 13.8 Å².